The number of hydrogen-bond donors (Lipinski definition) is 4. The van der Waals surface area contributed by atoms with Crippen LogP contribution in [0.1, 0.15) is 72.7 Å². The van der Waals surface area contributed by atoms with Gasteiger partial charge in [0.2, 0.25) is 0 Å². The van der Waals surface area contributed by atoms with E-state index in [4.69, 9.17) is 4.42 Å². The third-order valence-electron chi connectivity index (χ3n) is 7.50. The molecule has 0 amide bonds. The molecular formula is C31H38N2O8S. The number of fused-ring (bicyclic) bond motifs is 1. The lowest BCUT2D eigenvalue weighted by atomic mass is 9.81. The topological polar surface area (TPSA) is 157 Å². The number of aliphatic hydroxyl groups excluding tert-OH is 2. The summed E-state index contributed by atoms with van der Waals surface area (Å²) in [6.45, 7) is 3.87. The van der Waals surface area contributed by atoms with E-state index in [2.05, 4.69) is 4.72 Å². The van der Waals surface area contributed by atoms with Crippen LogP contribution in [-0.2, 0) is 16.4 Å². The Morgan fingerprint density at radius 1 is 0.952 bits per heavy atom. The molecule has 0 saturated carbocycles. The van der Waals surface area contributed by atoms with E-state index in [1.165, 1.54) is 12.1 Å². The standard InChI is InChI=1S/C31H38N2O8S/c1-20(2)27(29-30(37)28-25(36)12-4-3-5-13-26(28)41-31(29)38)21-8-6-9-22(18-21)32-42(39,40)24-11-7-10-23(19-24)33(14-16-34)15-17-35/h6-11,18-20,27,32,34-35,37H,3-5,12-17H2,1-2H3. The van der Waals surface area contributed by atoms with Crippen molar-refractivity contribution in [2.24, 2.45) is 5.92 Å². The maximum absolute atomic E-state index is 13.4. The number of rotatable bonds is 11. The van der Waals surface area contributed by atoms with Gasteiger partial charge in [-0.25, -0.2) is 13.2 Å². The molecule has 3 aromatic rings. The highest BCUT2D eigenvalue weighted by Crippen LogP contribution is 2.39. The van der Waals surface area contributed by atoms with Crippen molar-refractivity contribution in [3.63, 3.8) is 0 Å². The Morgan fingerprint density at radius 3 is 2.33 bits per heavy atom. The van der Waals surface area contributed by atoms with E-state index in [0.29, 0.717) is 24.1 Å². The first-order chi connectivity index (χ1) is 20.1. The first kappa shape index (κ1) is 31.3. The van der Waals surface area contributed by atoms with Gasteiger partial charge in [0.25, 0.3) is 10.0 Å². The first-order valence-electron chi connectivity index (χ1n) is 14.2. The molecule has 1 aliphatic rings. The SMILES string of the molecule is CC(C)C(c1cccc(NS(=O)(=O)c2cccc(N(CCO)CCO)c2)c1)c1c(O)c2c(oc1=O)CCCCCC2=O. The van der Waals surface area contributed by atoms with Gasteiger partial charge in [-0.1, -0.05) is 38.5 Å². The predicted molar refractivity (Wildman–Crippen MR) is 160 cm³/mol. The van der Waals surface area contributed by atoms with Crippen molar-refractivity contribution in [2.45, 2.75) is 56.8 Å². The quantitative estimate of drug-likeness (QED) is 0.256. The maximum atomic E-state index is 13.4. The fourth-order valence-electron chi connectivity index (χ4n) is 5.55. The summed E-state index contributed by atoms with van der Waals surface area (Å²) in [5, 5.41) is 30.0. The van der Waals surface area contributed by atoms with Crippen LogP contribution in [0.4, 0.5) is 11.4 Å². The predicted octanol–water partition coefficient (Wildman–Crippen LogP) is 4.02. The largest absolute Gasteiger partial charge is 0.506 e. The molecule has 0 aliphatic heterocycles. The lowest BCUT2D eigenvalue weighted by molar-refractivity contribution is 0.0968. The van der Waals surface area contributed by atoms with Gasteiger partial charge in [-0.2, -0.15) is 0 Å². The number of carbonyl (C=O) groups is 1. The van der Waals surface area contributed by atoms with Crippen molar-refractivity contribution < 1.29 is 32.9 Å². The van der Waals surface area contributed by atoms with Crippen molar-refractivity contribution >= 4 is 27.2 Å². The highest BCUT2D eigenvalue weighted by molar-refractivity contribution is 7.92. The van der Waals surface area contributed by atoms with Crippen molar-refractivity contribution in [1.82, 2.24) is 0 Å². The molecule has 1 unspecified atom stereocenters. The Balaban J connectivity index is 1.70. The molecule has 0 spiro atoms. The summed E-state index contributed by atoms with van der Waals surface area (Å²) >= 11 is 0. The summed E-state index contributed by atoms with van der Waals surface area (Å²) in [5.74, 6) is -1.29. The molecule has 0 radical (unpaired) electrons. The molecule has 0 saturated heterocycles. The fourth-order valence-corrected chi connectivity index (χ4v) is 6.63. The molecule has 4 N–H and O–H groups in total. The van der Waals surface area contributed by atoms with E-state index in [0.717, 1.165) is 12.8 Å². The molecule has 226 valence electrons. The molecule has 1 atom stereocenters. The lowest BCUT2D eigenvalue weighted by Crippen LogP contribution is -2.29. The average molecular weight is 599 g/mol. The van der Waals surface area contributed by atoms with Gasteiger partial charge in [-0.05, 0) is 54.7 Å². The van der Waals surface area contributed by atoms with Gasteiger partial charge in [0.15, 0.2) is 5.78 Å². The molecule has 4 rings (SSSR count). The van der Waals surface area contributed by atoms with Crippen LogP contribution in [0, 0.1) is 5.92 Å². The van der Waals surface area contributed by atoms with Crippen LogP contribution in [0.25, 0.3) is 0 Å². The number of Topliss-reactive ketones (excluding diaryl/α,β-unsaturated/α-hetero) is 1. The normalized spacial score (nSPS) is 14.6. The number of nitrogens with one attached hydrogen (secondary N) is 1. The van der Waals surface area contributed by atoms with Crippen LogP contribution in [0.5, 0.6) is 5.75 Å². The number of nitrogens with zero attached hydrogens (tertiary/aromatic N) is 1. The zero-order valence-corrected chi connectivity index (χ0v) is 24.7. The minimum atomic E-state index is -4.05. The highest BCUT2D eigenvalue weighted by Gasteiger charge is 2.32. The molecule has 11 heteroatoms. The number of ketones is 1. The minimum absolute atomic E-state index is 0.00911. The number of aryl methyl sites for hydroxylation is 1. The fraction of sp³-hybridized carbons (Fsp3) is 0.419. The van der Waals surface area contributed by atoms with Crippen LogP contribution in [-0.4, -0.2) is 55.8 Å². The summed E-state index contributed by atoms with van der Waals surface area (Å²) in [7, 11) is -4.05. The van der Waals surface area contributed by atoms with Gasteiger partial charge in [0, 0.05) is 43.2 Å². The summed E-state index contributed by atoms with van der Waals surface area (Å²) < 4.78 is 35.0. The van der Waals surface area contributed by atoms with E-state index in [-0.39, 0.29) is 77.6 Å². The van der Waals surface area contributed by atoms with Crippen LogP contribution >= 0.6 is 0 Å². The zero-order chi connectivity index (χ0) is 30.4. The van der Waals surface area contributed by atoms with Gasteiger partial charge in [0.05, 0.1) is 29.2 Å². The van der Waals surface area contributed by atoms with Crippen LogP contribution in [0.15, 0.2) is 62.6 Å². The van der Waals surface area contributed by atoms with Crippen LogP contribution < -0.4 is 15.2 Å². The van der Waals surface area contributed by atoms with Gasteiger partial charge in [-0.3, -0.25) is 9.52 Å². The number of benzene rings is 2. The number of anilines is 2. The van der Waals surface area contributed by atoms with Crippen molar-refractivity contribution in [3.05, 3.63) is 81.4 Å². The average Bonchev–Trinajstić information content (AvgIpc) is 2.93. The zero-order valence-electron chi connectivity index (χ0n) is 23.9. The number of carbonyl (C=O) groups excluding carboxylic acids is 1. The smallest absolute Gasteiger partial charge is 0.343 e. The Morgan fingerprint density at radius 2 is 1.64 bits per heavy atom. The molecule has 0 bridgehead atoms. The molecule has 1 heterocycles. The van der Waals surface area contributed by atoms with Gasteiger partial charge < -0.3 is 24.6 Å². The van der Waals surface area contributed by atoms with Crippen molar-refractivity contribution in [1.29, 1.82) is 0 Å². The van der Waals surface area contributed by atoms with E-state index in [1.807, 2.05) is 13.8 Å². The van der Waals surface area contributed by atoms with Gasteiger partial charge in [0.1, 0.15) is 11.5 Å². The second-order valence-electron chi connectivity index (χ2n) is 10.8. The van der Waals surface area contributed by atoms with E-state index in [1.54, 1.807) is 41.3 Å². The van der Waals surface area contributed by atoms with Crippen molar-refractivity contribution in [3.8, 4) is 5.75 Å². The third-order valence-corrected chi connectivity index (χ3v) is 8.88. The Hall–Kier alpha value is -3.67. The van der Waals surface area contributed by atoms with Gasteiger partial charge in [-0.15, -0.1) is 0 Å². The Bertz CT molecular complexity index is 1580. The molecule has 0 fully saturated rings. The third kappa shape index (κ3) is 6.86. The number of hydrogen-bond acceptors (Lipinski definition) is 9. The molecule has 42 heavy (non-hydrogen) atoms. The van der Waals surface area contributed by atoms with Gasteiger partial charge >= 0.3 is 5.63 Å². The monoisotopic (exact) mass is 598 g/mol. The molecule has 10 nitrogen and oxygen atoms in total. The summed E-state index contributed by atoms with van der Waals surface area (Å²) in [4.78, 5) is 27.8. The van der Waals surface area contributed by atoms with E-state index < -0.39 is 21.6 Å². The first-order valence-corrected chi connectivity index (χ1v) is 15.7. The summed E-state index contributed by atoms with van der Waals surface area (Å²) in [6, 6.07) is 12.8. The maximum Gasteiger partial charge on any atom is 0.343 e. The van der Waals surface area contributed by atoms with Crippen molar-refractivity contribution in [2.75, 3.05) is 35.9 Å². The summed E-state index contributed by atoms with van der Waals surface area (Å²) in [5.41, 5.74) is 0.692. The second-order valence-corrected chi connectivity index (χ2v) is 12.5. The minimum Gasteiger partial charge on any atom is -0.506 e. The molecular weight excluding hydrogens is 560 g/mol. The highest BCUT2D eigenvalue weighted by atomic mass is 32.2. The van der Waals surface area contributed by atoms with Crippen LogP contribution in [0.2, 0.25) is 0 Å². The van der Waals surface area contributed by atoms with E-state index >= 15 is 0 Å². The second kappa shape index (κ2) is 13.5. The molecule has 1 aromatic heterocycles. The number of aromatic hydroxyl groups is 1. The number of aliphatic hydroxyl groups is 2. The Labute approximate surface area is 245 Å². The van der Waals surface area contributed by atoms with Crippen LogP contribution in [0.3, 0.4) is 0 Å². The molecule has 1 aliphatic carbocycles. The Kier molecular flexibility index (Phi) is 10.1. The van der Waals surface area contributed by atoms with E-state index in [9.17, 15) is 33.3 Å². The molecule has 2 aromatic carbocycles. The number of sulfonamides is 1. The lowest BCUT2D eigenvalue weighted by Gasteiger charge is -2.24. The summed E-state index contributed by atoms with van der Waals surface area (Å²) in [6.07, 6.45) is 2.94.